The van der Waals surface area contributed by atoms with Crippen molar-refractivity contribution in [3.8, 4) is 6.07 Å². The maximum atomic E-state index is 13.9. The largest absolute Gasteiger partial charge is 0.363 e. The predicted molar refractivity (Wildman–Crippen MR) is 148 cm³/mol. The van der Waals surface area contributed by atoms with Crippen molar-refractivity contribution >= 4 is 16.7 Å². The Morgan fingerprint density at radius 3 is 2.08 bits per heavy atom. The molecule has 1 aliphatic rings. The lowest BCUT2D eigenvalue weighted by Crippen LogP contribution is -2.60. The number of anilines is 1. The van der Waals surface area contributed by atoms with Gasteiger partial charge in [0, 0.05) is 38.3 Å². The molecular formula is C31H31F2N5O. The molecule has 0 aliphatic carbocycles. The van der Waals surface area contributed by atoms with Gasteiger partial charge in [-0.15, -0.1) is 0 Å². The van der Waals surface area contributed by atoms with Gasteiger partial charge in [0.2, 0.25) is 0 Å². The van der Waals surface area contributed by atoms with Crippen molar-refractivity contribution in [2.75, 3.05) is 18.0 Å². The first kappa shape index (κ1) is 26.5. The minimum atomic E-state index is -0.309. The monoisotopic (exact) mass is 527 g/mol. The zero-order chi connectivity index (χ0) is 27.8. The first-order valence-electron chi connectivity index (χ1n) is 13.1. The van der Waals surface area contributed by atoms with Gasteiger partial charge in [0.05, 0.1) is 17.2 Å². The van der Waals surface area contributed by atoms with Crippen molar-refractivity contribution in [3.63, 3.8) is 0 Å². The van der Waals surface area contributed by atoms with E-state index in [1.807, 2.05) is 0 Å². The van der Waals surface area contributed by atoms with E-state index < -0.39 is 0 Å². The maximum Gasteiger partial charge on any atom is 0.252 e. The third kappa shape index (κ3) is 5.02. The van der Waals surface area contributed by atoms with Crippen LogP contribution in [0.1, 0.15) is 43.6 Å². The van der Waals surface area contributed by atoms with Crippen molar-refractivity contribution in [2.45, 2.75) is 38.9 Å². The van der Waals surface area contributed by atoms with Crippen LogP contribution in [0, 0.1) is 28.9 Å². The van der Waals surface area contributed by atoms with Gasteiger partial charge in [-0.25, -0.2) is 13.8 Å². The molecule has 1 aliphatic heterocycles. The van der Waals surface area contributed by atoms with Gasteiger partial charge >= 0.3 is 0 Å². The SMILES string of the molecule is CC(C)C1CN(C(c2ccc(F)cc2)c2ccc(F)cc2)[C@@H](C)CN1c1cc(=O)n(C)c2ccc(C#N)nc12. The van der Waals surface area contributed by atoms with Crippen molar-refractivity contribution in [1.29, 1.82) is 5.26 Å². The summed E-state index contributed by atoms with van der Waals surface area (Å²) in [7, 11) is 1.71. The second kappa shape index (κ2) is 10.6. The summed E-state index contributed by atoms with van der Waals surface area (Å²) in [6, 6.07) is 19.9. The standard InChI is InChI=1S/C31H31F2N5O/c1-19(2)28-18-37(31(21-5-9-23(32)10-6-21)22-7-11-24(33)12-8-22)20(3)17-38(28)27-15-29(39)36(4)26-14-13-25(16-34)35-30(26)27/h5-15,19-20,28,31H,17-18H2,1-4H3/t20-,28?/m0/s1. The van der Waals surface area contributed by atoms with Crippen LogP contribution in [-0.2, 0) is 7.05 Å². The molecule has 0 radical (unpaired) electrons. The topological polar surface area (TPSA) is 65.2 Å². The third-order valence-electron chi connectivity index (χ3n) is 7.79. The Morgan fingerprint density at radius 2 is 1.54 bits per heavy atom. The average molecular weight is 528 g/mol. The minimum absolute atomic E-state index is 0.00689. The fourth-order valence-electron chi connectivity index (χ4n) is 5.69. The van der Waals surface area contributed by atoms with E-state index in [9.17, 15) is 18.8 Å². The van der Waals surface area contributed by atoms with Gasteiger partial charge in [-0.1, -0.05) is 38.1 Å². The highest BCUT2D eigenvalue weighted by atomic mass is 19.1. The average Bonchev–Trinajstić information content (AvgIpc) is 2.93. The highest BCUT2D eigenvalue weighted by Gasteiger charge is 2.38. The molecule has 0 saturated carbocycles. The molecule has 3 heterocycles. The summed E-state index contributed by atoms with van der Waals surface area (Å²) >= 11 is 0. The first-order chi connectivity index (χ1) is 18.7. The van der Waals surface area contributed by atoms with Gasteiger partial charge < -0.3 is 9.47 Å². The van der Waals surface area contributed by atoms with Crippen molar-refractivity contribution in [2.24, 2.45) is 13.0 Å². The van der Waals surface area contributed by atoms with E-state index in [1.165, 1.54) is 24.3 Å². The summed E-state index contributed by atoms with van der Waals surface area (Å²) in [4.78, 5) is 22.2. The summed E-state index contributed by atoms with van der Waals surface area (Å²) in [6.45, 7) is 7.67. The molecular weight excluding hydrogens is 496 g/mol. The fourth-order valence-corrected chi connectivity index (χ4v) is 5.69. The number of hydrogen-bond donors (Lipinski definition) is 0. The van der Waals surface area contributed by atoms with Crippen LogP contribution in [-0.4, -0.2) is 39.6 Å². The molecule has 2 aromatic carbocycles. The number of aryl methyl sites for hydroxylation is 1. The van der Waals surface area contributed by atoms with Crippen LogP contribution in [0.3, 0.4) is 0 Å². The normalized spacial score (nSPS) is 18.2. The summed E-state index contributed by atoms with van der Waals surface area (Å²) in [5.74, 6) is -0.409. The van der Waals surface area contributed by atoms with E-state index in [0.29, 0.717) is 29.8 Å². The van der Waals surface area contributed by atoms with Gasteiger partial charge in [0.15, 0.2) is 0 Å². The molecule has 8 heteroatoms. The number of hydrogen-bond acceptors (Lipinski definition) is 5. The number of nitriles is 1. The van der Waals surface area contributed by atoms with E-state index >= 15 is 0 Å². The molecule has 0 spiro atoms. The van der Waals surface area contributed by atoms with E-state index in [1.54, 1.807) is 54.1 Å². The van der Waals surface area contributed by atoms with Gasteiger partial charge in [0.1, 0.15) is 28.9 Å². The number of aromatic nitrogens is 2. The maximum absolute atomic E-state index is 13.9. The number of halogens is 2. The highest BCUT2D eigenvalue weighted by molar-refractivity contribution is 5.89. The Labute approximate surface area is 226 Å². The molecule has 6 nitrogen and oxygen atoms in total. The van der Waals surface area contributed by atoms with Crippen molar-refractivity contribution < 1.29 is 8.78 Å². The van der Waals surface area contributed by atoms with Crippen LogP contribution in [0.5, 0.6) is 0 Å². The minimum Gasteiger partial charge on any atom is -0.363 e. The van der Waals surface area contributed by atoms with Gasteiger partial charge in [-0.2, -0.15) is 5.26 Å². The lowest BCUT2D eigenvalue weighted by molar-refractivity contribution is 0.113. The first-order valence-corrected chi connectivity index (χ1v) is 13.1. The van der Waals surface area contributed by atoms with E-state index in [4.69, 9.17) is 0 Å². The van der Waals surface area contributed by atoms with E-state index in [-0.39, 0.29) is 41.2 Å². The fraction of sp³-hybridized carbons (Fsp3) is 0.323. The number of fused-ring (bicyclic) bond motifs is 1. The molecule has 0 amide bonds. The van der Waals surface area contributed by atoms with Crippen LogP contribution in [0.15, 0.2) is 71.5 Å². The molecule has 200 valence electrons. The molecule has 1 fully saturated rings. The predicted octanol–water partition coefficient (Wildman–Crippen LogP) is 5.41. The van der Waals surface area contributed by atoms with Crippen LogP contribution >= 0.6 is 0 Å². The molecule has 5 rings (SSSR count). The number of pyridine rings is 2. The second-order valence-corrected chi connectivity index (χ2v) is 10.6. The number of benzene rings is 2. The molecule has 0 bridgehead atoms. The molecule has 2 aromatic heterocycles. The van der Waals surface area contributed by atoms with Crippen LogP contribution in [0.2, 0.25) is 0 Å². The summed E-state index contributed by atoms with van der Waals surface area (Å²) in [5, 5.41) is 9.50. The quantitative estimate of drug-likeness (QED) is 0.347. The Hall–Kier alpha value is -4.09. The Kier molecular flexibility index (Phi) is 7.19. The lowest BCUT2D eigenvalue weighted by Gasteiger charge is -2.51. The van der Waals surface area contributed by atoms with E-state index in [0.717, 1.165) is 16.8 Å². The van der Waals surface area contributed by atoms with Gasteiger partial charge in [-0.05, 0) is 60.4 Å². The molecule has 1 unspecified atom stereocenters. The third-order valence-corrected chi connectivity index (χ3v) is 7.79. The Bertz CT molecular complexity index is 1550. The highest BCUT2D eigenvalue weighted by Crippen LogP contribution is 2.37. The van der Waals surface area contributed by atoms with Crippen LogP contribution in [0.4, 0.5) is 14.5 Å². The Balaban J connectivity index is 1.61. The molecule has 1 saturated heterocycles. The zero-order valence-electron chi connectivity index (χ0n) is 22.5. The number of piperazine rings is 1. The molecule has 2 atom stereocenters. The van der Waals surface area contributed by atoms with Gasteiger partial charge in [0.25, 0.3) is 5.56 Å². The van der Waals surface area contributed by atoms with Crippen molar-refractivity contribution in [3.05, 3.63) is 106 Å². The van der Waals surface area contributed by atoms with Crippen LogP contribution < -0.4 is 10.5 Å². The molecule has 4 aromatic rings. The second-order valence-electron chi connectivity index (χ2n) is 10.6. The zero-order valence-corrected chi connectivity index (χ0v) is 22.5. The lowest BCUT2D eigenvalue weighted by atomic mass is 9.90. The summed E-state index contributed by atoms with van der Waals surface area (Å²) in [6.07, 6.45) is 0. The summed E-state index contributed by atoms with van der Waals surface area (Å²) in [5.41, 5.74) is 4.01. The molecule has 0 N–H and O–H groups in total. The summed E-state index contributed by atoms with van der Waals surface area (Å²) < 4.78 is 29.3. The van der Waals surface area contributed by atoms with E-state index in [2.05, 4.69) is 41.6 Å². The number of rotatable bonds is 5. The van der Waals surface area contributed by atoms with Gasteiger partial charge in [-0.3, -0.25) is 9.69 Å². The molecule has 39 heavy (non-hydrogen) atoms. The Morgan fingerprint density at radius 1 is 0.949 bits per heavy atom. The van der Waals surface area contributed by atoms with Crippen LogP contribution in [0.25, 0.3) is 11.0 Å². The van der Waals surface area contributed by atoms with Crippen molar-refractivity contribution in [1.82, 2.24) is 14.5 Å². The number of nitrogens with zero attached hydrogens (tertiary/aromatic N) is 5. The smallest absolute Gasteiger partial charge is 0.252 e.